The molecule has 0 unspecified atom stereocenters. The van der Waals surface area contributed by atoms with Gasteiger partial charge in [-0.15, -0.1) is 40.5 Å². The number of thiophene rings is 1. The number of ketones is 1. The average molecular weight is 945 g/mol. The van der Waals surface area contributed by atoms with Crippen molar-refractivity contribution in [2.75, 3.05) is 0 Å². The van der Waals surface area contributed by atoms with E-state index in [1.54, 1.807) is 0 Å². The van der Waals surface area contributed by atoms with Crippen LogP contribution in [0.25, 0.3) is 32.1 Å². The molecular weight excluding hydrogens is 887 g/mol. The summed E-state index contributed by atoms with van der Waals surface area (Å²) >= 11 is 1.94. The second-order valence-corrected chi connectivity index (χ2v) is 21.3. The number of nitrogens with zero attached hydrogens (tertiary/aromatic N) is 1. The molecule has 0 aliphatic heterocycles. The molecule has 0 saturated heterocycles. The van der Waals surface area contributed by atoms with Crippen molar-refractivity contribution in [3.8, 4) is 11.3 Å². The zero-order valence-electron chi connectivity index (χ0n) is 34.3. The van der Waals surface area contributed by atoms with Crippen molar-refractivity contribution in [2.45, 2.75) is 100.0 Å². The maximum Gasteiger partial charge on any atom is 0.164 e. The number of aryl methyl sites for hydroxylation is 1. The first kappa shape index (κ1) is 44.0. The van der Waals surface area contributed by atoms with E-state index >= 15 is 0 Å². The normalized spacial score (nSPS) is 12.4. The Labute approximate surface area is 348 Å². The van der Waals surface area contributed by atoms with Crippen LogP contribution >= 0.6 is 11.3 Å². The molecule has 1 N–H and O–H groups in total. The summed E-state index contributed by atoms with van der Waals surface area (Å²) in [5.41, 5.74) is 4.53. The van der Waals surface area contributed by atoms with Crippen molar-refractivity contribution in [2.24, 2.45) is 11.3 Å². The molecule has 2 aromatic heterocycles. The smallest absolute Gasteiger partial charge is 0.164 e. The van der Waals surface area contributed by atoms with Crippen LogP contribution in [0.3, 0.4) is 0 Å². The van der Waals surface area contributed by atoms with E-state index in [0.717, 1.165) is 42.3 Å². The Hall–Kier alpha value is -3.67. The molecule has 0 bridgehead atoms. The molecule has 1 radical (unpaired) electrons. The molecule has 3 nitrogen and oxygen atoms in total. The molecule has 0 fully saturated rings. The van der Waals surface area contributed by atoms with Crippen LogP contribution in [-0.2, 0) is 30.3 Å². The summed E-state index contributed by atoms with van der Waals surface area (Å²) < 4.78 is 2.76. The first-order valence-corrected chi connectivity index (χ1v) is 23.0. The fourth-order valence-corrected chi connectivity index (χ4v) is 13.8. The molecule has 2 heterocycles. The van der Waals surface area contributed by atoms with E-state index in [1.165, 1.54) is 47.5 Å². The van der Waals surface area contributed by atoms with Crippen molar-refractivity contribution in [1.29, 1.82) is 0 Å². The zero-order chi connectivity index (χ0) is 39.3. The summed E-state index contributed by atoms with van der Waals surface area (Å²) in [5.74, 6) is 0.437. The maximum absolute atomic E-state index is 12.0. The number of rotatable bonds is 11. The van der Waals surface area contributed by atoms with Gasteiger partial charge in [0, 0.05) is 58.6 Å². The minimum atomic E-state index is -2.23. The monoisotopic (exact) mass is 945 g/mol. The number of benzene rings is 4. The van der Waals surface area contributed by atoms with E-state index < -0.39 is 8.07 Å². The third-order valence-corrected chi connectivity index (χ3v) is 18.6. The first-order chi connectivity index (χ1) is 25.7. The van der Waals surface area contributed by atoms with Crippen LogP contribution in [0, 0.1) is 24.3 Å². The number of hydrogen-bond donors (Lipinski definition) is 1. The van der Waals surface area contributed by atoms with Gasteiger partial charge in [-0.3, -0.25) is 9.78 Å². The number of aliphatic hydroxyl groups is 1. The minimum absolute atomic E-state index is 0. The Morgan fingerprint density at radius 3 is 1.91 bits per heavy atom. The van der Waals surface area contributed by atoms with Crippen LogP contribution in [-0.4, -0.2) is 23.9 Å². The van der Waals surface area contributed by atoms with Crippen LogP contribution in [0.2, 0.25) is 6.55 Å². The second-order valence-electron chi connectivity index (χ2n) is 16.1. The number of fused-ring (bicyclic) bond motifs is 2. The molecule has 6 aromatic rings. The van der Waals surface area contributed by atoms with E-state index in [9.17, 15) is 9.90 Å². The van der Waals surface area contributed by atoms with E-state index in [2.05, 4.69) is 137 Å². The molecule has 6 heteroatoms. The van der Waals surface area contributed by atoms with Gasteiger partial charge in [-0.1, -0.05) is 152 Å². The van der Waals surface area contributed by atoms with E-state index in [1.807, 2.05) is 52.2 Å². The number of carbonyl (C=O) groups excluding carboxylic acids is 1. The number of aliphatic hydroxyl groups excluding tert-OH is 1. The van der Waals surface area contributed by atoms with Crippen LogP contribution < -0.4 is 14.9 Å². The Morgan fingerprint density at radius 2 is 1.38 bits per heavy atom. The zero-order valence-corrected chi connectivity index (χ0v) is 38.6. The number of allylic oxidation sites excluding steroid dienone is 2. The third-order valence-electron chi connectivity index (χ3n) is 11.7. The van der Waals surface area contributed by atoms with Crippen LogP contribution in [0.4, 0.5) is 0 Å². The van der Waals surface area contributed by atoms with Gasteiger partial charge in [-0.05, 0) is 65.4 Å². The molecular formula is C49H58IrNO2SSi-. The summed E-state index contributed by atoms with van der Waals surface area (Å²) in [5, 5.41) is 16.5. The molecule has 0 aliphatic carbocycles. The second kappa shape index (κ2) is 18.5. The van der Waals surface area contributed by atoms with Gasteiger partial charge in [0.15, 0.2) is 13.9 Å². The molecule has 55 heavy (non-hydrogen) atoms. The van der Waals surface area contributed by atoms with Gasteiger partial charge >= 0.3 is 0 Å². The standard InChI is InChI=1S/C35H32NSSi.C14H26O2.Ir/c1-24-29-20-21-36-32(26-22-25-14-12-13-19-30(25)31(23-26)35(2,3)4)33(29)37-34(24)38(5,27-15-8-6-9-16-27)28-17-10-7-11-18-28;1-6-11(7-2)12(15)10-13(16)14(5,8-3)9-4;/h6-21,23H,1-5H3;10-11,15H,6-9H2,1-5H3;/q-1;;/b;12-10-;. The summed E-state index contributed by atoms with van der Waals surface area (Å²) in [4.78, 5) is 17.0. The predicted octanol–water partition coefficient (Wildman–Crippen LogP) is 11.9. The van der Waals surface area contributed by atoms with Crippen molar-refractivity contribution in [3.63, 3.8) is 0 Å². The molecule has 6 rings (SSSR count). The van der Waals surface area contributed by atoms with Crippen LogP contribution in [0.5, 0.6) is 0 Å². The quantitative estimate of drug-likeness (QED) is 0.0609. The van der Waals surface area contributed by atoms with Crippen molar-refractivity contribution < 1.29 is 30.0 Å². The molecule has 291 valence electrons. The van der Waals surface area contributed by atoms with Crippen LogP contribution in [0.1, 0.15) is 92.2 Å². The van der Waals surface area contributed by atoms with Crippen molar-refractivity contribution >= 4 is 60.9 Å². The maximum atomic E-state index is 12.0. The molecule has 0 spiro atoms. The van der Waals surface area contributed by atoms with Gasteiger partial charge in [0.1, 0.15) is 0 Å². The van der Waals surface area contributed by atoms with E-state index in [4.69, 9.17) is 4.98 Å². The molecule has 4 aromatic carbocycles. The van der Waals surface area contributed by atoms with Crippen LogP contribution in [0.15, 0.2) is 115 Å². The van der Waals surface area contributed by atoms with Gasteiger partial charge in [0.2, 0.25) is 0 Å². The van der Waals surface area contributed by atoms with Gasteiger partial charge in [0.25, 0.3) is 0 Å². The van der Waals surface area contributed by atoms with E-state index in [-0.39, 0.29) is 48.4 Å². The predicted molar refractivity (Wildman–Crippen MR) is 237 cm³/mol. The topological polar surface area (TPSA) is 50.2 Å². The molecule has 0 saturated carbocycles. The fraction of sp³-hybridized carbons (Fsp3) is 0.347. The Balaban J connectivity index is 0.000000338. The summed E-state index contributed by atoms with van der Waals surface area (Å²) in [6, 6.07) is 39.1. The summed E-state index contributed by atoms with van der Waals surface area (Å²) in [6.45, 7) is 21.7. The Morgan fingerprint density at radius 1 is 0.836 bits per heavy atom. The fourth-order valence-electron chi connectivity index (χ4n) is 7.50. The first-order valence-electron chi connectivity index (χ1n) is 19.6. The van der Waals surface area contributed by atoms with Crippen molar-refractivity contribution in [3.05, 3.63) is 132 Å². The number of pyridine rings is 1. The number of hydrogen-bond acceptors (Lipinski definition) is 4. The molecule has 0 aliphatic rings. The minimum Gasteiger partial charge on any atom is -0.512 e. The largest absolute Gasteiger partial charge is 0.512 e. The number of aromatic nitrogens is 1. The molecule has 0 atom stereocenters. The molecule has 0 amide bonds. The Bertz CT molecular complexity index is 2190. The van der Waals surface area contributed by atoms with Gasteiger partial charge in [0.05, 0.1) is 5.76 Å². The average Bonchev–Trinajstić information content (AvgIpc) is 3.54. The van der Waals surface area contributed by atoms with Crippen molar-refractivity contribution in [1.82, 2.24) is 4.98 Å². The third kappa shape index (κ3) is 9.15. The van der Waals surface area contributed by atoms with E-state index in [0.29, 0.717) is 0 Å². The Kier molecular flexibility index (Phi) is 14.8. The SMILES string of the molecule is CCC(CC)/C(O)=C/C(=O)C(C)(CC)CC.Cc1c([Si](C)(c2ccccc2)c2ccccc2)sc2c(-c3[c-]c4ccccc4c(C(C)(C)C)c3)nccc12.[Ir]. The summed E-state index contributed by atoms with van der Waals surface area (Å²) in [7, 11) is -2.23. The van der Waals surface area contributed by atoms with Gasteiger partial charge in [-0.25, -0.2) is 0 Å². The van der Waals surface area contributed by atoms with Gasteiger partial charge in [-0.2, -0.15) is 0 Å². The van der Waals surface area contributed by atoms with Gasteiger partial charge < -0.3 is 5.11 Å². The number of carbonyl (C=O) groups is 1. The summed E-state index contributed by atoms with van der Waals surface area (Å²) in [6.07, 6.45) is 6.81.